The number of hydrogen-bond donors (Lipinski definition) is 2. The Morgan fingerprint density at radius 2 is 1.58 bits per heavy atom. The minimum atomic E-state index is -0.841. The summed E-state index contributed by atoms with van der Waals surface area (Å²) in [5, 5.41) is 3.42. The normalized spacial score (nSPS) is 18.6. The summed E-state index contributed by atoms with van der Waals surface area (Å²) in [5.41, 5.74) is 4.82. The molecule has 1 aliphatic heterocycles. The van der Waals surface area contributed by atoms with E-state index in [1.54, 1.807) is 55.5 Å². The van der Waals surface area contributed by atoms with Crippen LogP contribution in [0.1, 0.15) is 27.5 Å². The molecule has 0 bridgehead atoms. The van der Waals surface area contributed by atoms with Gasteiger partial charge in [-0.1, -0.05) is 23.7 Å². The molecule has 3 aromatic rings. The molecule has 1 aliphatic rings. The lowest BCUT2D eigenvalue weighted by Crippen LogP contribution is -2.42. The van der Waals surface area contributed by atoms with Crippen molar-refractivity contribution in [3.63, 3.8) is 0 Å². The van der Waals surface area contributed by atoms with Crippen LogP contribution < -0.4 is 20.2 Å². The number of nitrogens with one attached hydrogen (secondary N) is 2. The Balaban J connectivity index is 1.69. The van der Waals surface area contributed by atoms with Crippen LogP contribution in [0.15, 0.2) is 72.8 Å². The lowest BCUT2D eigenvalue weighted by Gasteiger charge is -2.15. The topological polar surface area (TPSA) is 79.7 Å². The zero-order valence-corrected chi connectivity index (χ0v) is 18.9. The van der Waals surface area contributed by atoms with E-state index in [4.69, 9.17) is 21.1 Å². The Morgan fingerprint density at radius 3 is 2.18 bits per heavy atom. The molecule has 7 nitrogen and oxygen atoms in total. The van der Waals surface area contributed by atoms with Crippen LogP contribution in [0, 0.1) is 0 Å². The Hall–Kier alpha value is -3.84. The number of nitrogens with zero attached hydrogens (tertiary/aromatic N) is 1. The molecule has 2 amide bonds. The van der Waals surface area contributed by atoms with Crippen molar-refractivity contribution in [1.82, 2.24) is 10.7 Å². The van der Waals surface area contributed by atoms with E-state index in [1.807, 2.05) is 42.5 Å². The first-order valence-corrected chi connectivity index (χ1v) is 10.6. The van der Waals surface area contributed by atoms with Gasteiger partial charge in [0, 0.05) is 11.1 Å². The van der Waals surface area contributed by atoms with Crippen LogP contribution in [0.25, 0.3) is 0 Å². The van der Waals surface area contributed by atoms with Crippen molar-refractivity contribution in [2.24, 2.45) is 0 Å². The summed E-state index contributed by atoms with van der Waals surface area (Å²) in [4.78, 5) is 25.9. The first-order valence-electron chi connectivity index (χ1n) is 10.3. The minimum Gasteiger partial charge on any atom is -0.497 e. The van der Waals surface area contributed by atoms with Gasteiger partial charge in [0.2, 0.25) is 12.3 Å². The zero-order valence-electron chi connectivity index (χ0n) is 18.1. The second-order valence-corrected chi connectivity index (χ2v) is 7.84. The quantitative estimate of drug-likeness (QED) is 0.548. The number of halogens is 1. The number of methoxy groups -OCH3 is 2. The highest BCUT2D eigenvalue weighted by Crippen LogP contribution is 2.28. The highest BCUT2D eigenvalue weighted by Gasteiger charge is 2.47. The summed E-state index contributed by atoms with van der Waals surface area (Å²) in [6, 6.07) is 20.0. The fourth-order valence-corrected chi connectivity index (χ4v) is 3.86. The van der Waals surface area contributed by atoms with Gasteiger partial charge in [0.1, 0.15) is 11.5 Å². The van der Waals surface area contributed by atoms with Crippen LogP contribution in [-0.4, -0.2) is 43.0 Å². The Labute approximate surface area is 196 Å². The van der Waals surface area contributed by atoms with E-state index < -0.39 is 12.1 Å². The van der Waals surface area contributed by atoms with Gasteiger partial charge in [-0.2, -0.15) is 0 Å². The number of hydrogen-bond acceptors (Lipinski definition) is 4. The third-order valence-corrected chi connectivity index (χ3v) is 5.76. The average molecular weight is 465 g/mol. The summed E-state index contributed by atoms with van der Waals surface area (Å²) in [6.45, 7) is 0. The molecule has 1 saturated heterocycles. The third-order valence-electron chi connectivity index (χ3n) is 5.42. The van der Waals surface area contributed by atoms with Gasteiger partial charge in [-0.05, 0) is 60.7 Å². The van der Waals surface area contributed by atoms with E-state index in [-0.39, 0.29) is 11.8 Å². The van der Waals surface area contributed by atoms with Crippen molar-refractivity contribution in [1.29, 1.82) is 0 Å². The SMILES string of the molecule is COc1ccc(C(=O)N[C@@H]2C(=O)N/[N+](=C\c3ccccc3Cl)[C@@H]2c2ccc(OC)cc2)cc1. The van der Waals surface area contributed by atoms with Crippen LogP contribution in [0.3, 0.4) is 0 Å². The lowest BCUT2D eigenvalue weighted by atomic mass is 9.99. The zero-order chi connectivity index (χ0) is 23.4. The molecule has 2 N–H and O–H groups in total. The number of benzene rings is 3. The van der Waals surface area contributed by atoms with Crippen molar-refractivity contribution in [2.75, 3.05) is 14.2 Å². The highest BCUT2D eigenvalue weighted by atomic mass is 35.5. The van der Waals surface area contributed by atoms with E-state index in [1.165, 1.54) is 0 Å². The van der Waals surface area contributed by atoms with Crippen molar-refractivity contribution >= 4 is 29.6 Å². The Bertz CT molecular complexity index is 1190. The summed E-state index contributed by atoms with van der Waals surface area (Å²) in [5.74, 6) is 0.634. The predicted octanol–water partition coefficient (Wildman–Crippen LogP) is 3.37. The van der Waals surface area contributed by atoms with Crippen LogP contribution >= 0.6 is 11.6 Å². The number of carbonyl (C=O) groups is 2. The van der Waals surface area contributed by atoms with Crippen LogP contribution in [0.4, 0.5) is 0 Å². The Morgan fingerprint density at radius 1 is 0.970 bits per heavy atom. The molecule has 0 radical (unpaired) electrons. The number of hydrazone groups is 1. The minimum absolute atomic E-state index is 0.332. The van der Waals surface area contributed by atoms with E-state index in [0.29, 0.717) is 22.1 Å². The summed E-state index contributed by atoms with van der Waals surface area (Å²) in [6.07, 6.45) is 1.76. The molecule has 1 fully saturated rings. The van der Waals surface area contributed by atoms with Gasteiger partial charge in [0.25, 0.3) is 5.91 Å². The molecule has 0 spiro atoms. The Kier molecular flexibility index (Phi) is 6.60. The van der Waals surface area contributed by atoms with Crippen LogP contribution in [0.2, 0.25) is 5.02 Å². The van der Waals surface area contributed by atoms with Gasteiger partial charge in [-0.3, -0.25) is 9.59 Å². The molecule has 1 heterocycles. The van der Waals surface area contributed by atoms with Gasteiger partial charge >= 0.3 is 5.91 Å². The monoisotopic (exact) mass is 464 g/mol. The molecule has 168 valence electrons. The third kappa shape index (κ3) is 4.83. The smallest absolute Gasteiger partial charge is 0.304 e. The summed E-state index contributed by atoms with van der Waals surface area (Å²) >= 11 is 6.33. The van der Waals surface area contributed by atoms with Crippen molar-refractivity contribution in [3.8, 4) is 11.5 Å². The highest BCUT2D eigenvalue weighted by molar-refractivity contribution is 6.32. The number of rotatable bonds is 6. The molecule has 0 aromatic heterocycles. The van der Waals surface area contributed by atoms with E-state index >= 15 is 0 Å². The maximum atomic E-state index is 13.0. The molecular formula is C25H23ClN3O4+. The van der Waals surface area contributed by atoms with E-state index in [0.717, 1.165) is 11.1 Å². The van der Waals surface area contributed by atoms with Crippen molar-refractivity contribution in [3.05, 3.63) is 94.5 Å². The fourth-order valence-electron chi connectivity index (χ4n) is 3.68. The predicted molar refractivity (Wildman–Crippen MR) is 125 cm³/mol. The first kappa shape index (κ1) is 22.4. The average Bonchev–Trinajstić information content (AvgIpc) is 3.14. The molecule has 8 heteroatoms. The van der Waals surface area contributed by atoms with Gasteiger partial charge in [-0.15, -0.1) is 10.1 Å². The van der Waals surface area contributed by atoms with Crippen molar-refractivity contribution < 1.29 is 23.7 Å². The van der Waals surface area contributed by atoms with Crippen LogP contribution in [-0.2, 0) is 4.79 Å². The van der Waals surface area contributed by atoms with Crippen LogP contribution in [0.5, 0.6) is 11.5 Å². The molecule has 33 heavy (non-hydrogen) atoms. The van der Waals surface area contributed by atoms with E-state index in [2.05, 4.69) is 10.7 Å². The van der Waals surface area contributed by atoms with Gasteiger partial charge in [-0.25, -0.2) is 0 Å². The molecule has 0 saturated carbocycles. The molecule has 4 rings (SSSR count). The second-order valence-electron chi connectivity index (χ2n) is 7.43. The van der Waals surface area contributed by atoms with Gasteiger partial charge in [0.05, 0.1) is 24.8 Å². The number of hydrazine groups is 1. The van der Waals surface area contributed by atoms with Gasteiger partial charge < -0.3 is 14.8 Å². The second kappa shape index (κ2) is 9.75. The fraction of sp³-hybridized carbons (Fsp3) is 0.160. The molecule has 3 aromatic carbocycles. The maximum absolute atomic E-state index is 13.0. The number of amides is 2. The number of ether oxygens (including phenoxy) is 2. The molecule has 0 aliphatic carbocycles. The largest absolute Gasteiger partial charge is 0.497 e. The first-order chi connectivity index (χ1) is 16.0. The summed E-state index contributed by atoms with van der Waals surface area (Å²) in [7, 11) is 3.15. The maximum Gasteiger partial charge on any atom is 0.304 e. The van der Waals surface area contributed by atoms with Crippen molar-refractivity contribution in [2.45, 2.75) is 12.1 Å². The standard InChI is InChI=1S/C25H22ClN3O4/c1-32-19-11-7-16(8-12-19)23-22(27-24(30)17-9-13-20(33-2)14-10-17)25(31)28-29(23)15-18-5-3-4-6-21(18)26/h3-15,22-23H,1-2H3,(H-,27,28,30,31)/p+1/b29-15-/t22-,23+/m0/s1. The molecular weight excluding hydrogens is 442 g/mol. The summed E-state index contributed by atoms with van der Waals surface area (Å²) < 4.78 is 12.1. The van der Waals surface area contributed by atoms with E-state index in [9.17, 15) is 9.59 Å². The molecule has 2 atom stereocenters. The molecule has 0 unspecified atom stereocenters. The van der Waals surface area contributed by atoms with Gasteiger partial charge in [0.15, 0.2) is 6.04 Å². The lowest BCUT2D eigenvalue weighted by molar-refractivity contribution is -0.596. The number of carbonyl (C=O) groups excluding carboxylic acids is 2.